The average Bonchev–Trinajstić information content (AvgIpc) is 3.22. The zero-order valence-corrected chi connectivity index (χ0v) is 13.5. The third-order valence-corrected chi connectivity index (χ3v) is 4.29. The summed E-state index contributed by atoms with van der Waals surface area (Å²) in [5, 5.41) is 5.73. The Morgan fingerprint density at radius 1 is 1.10 bits per heavy atom. The lowest BCUT2D eigenvalue weighted by Crippen LogP contribution is -2.19. The maximum absolute atomic E-state index is 11.8. The number of hydrogen-bond acceptors (Lipinski definition) is 3. The Morgan fingerprint density at radius 2 is 1.62 bits per heavy atom. The van der Waals surface area contributed by atoms with Crippen LogP contribution < -0.4 is 10.6 Å². The molecule has 1 saturated carbocycles. The van der Waals surface area contributed by atoms with Gasteiger partial charge in [-0.3, -0.25) is 9.59 Å². The van der Waals surface area contributed by atoms with Crippen molar-refractivity contribution in [2.45, 2.75) is 38.4 Å². The smallest absolute Gasteiger partial charge is 0.234 e. The van der Waals surface area contributed by atoms with Gasteiger partial charge in [0, 0.05) is 22.0 Å². The fourth-order valence-electron chi connectivity index (χ4n) is 1.71. The van der Waals surface area contributed by atoms with E-state index < -0.39 is 0 Å². The molecule has 2 amide bonds. The average molecular weight is 306 g/mol. The Kier molecular flexibility index (Phi) is 4.93. The maximum Gasteiger partial charge on any atom is 0.234 e. The van der Waals surface area contributed by atoms with E-state index >= 15 is 0 Å². The van der Waals surface area contributed by atoms with E-state index in [0.29, 0.717) is 5.75 Å². The summed E-state index contributed by atoms with van der Waals surface area (Å²) in [5.74, 6) is 0.709. The van der Waals surface area contributed by atoms with Crippen LogP contribution in [0.5, 0.6) is 0 Å². The highest BCUT2D eigenvalue weighted by molar-refractivity contribution is 8.01. The highest BCUT2D eigenvalue weighted by Gasteiger charge is 2.29. The van der Waals surface area contributed by atoms with Gasteiger partial charge in [0.25, 0.3) is 0 Å². The number of hydrogen-bond donors (Lipinski definition) is 2. The lowest BCUT2D eigenvalue weighted by atomic mass is 10.2. The molecule has 0 aromatic heterocycles. The SMILES string of the molecule is CC(C)(C)SCC(=O)Nc1ccc(NC(=O)C2CC2)cc1. The van der Waals surface area contributed by atoms with E-state index in [0.717, 1.165) is 24.2 Å². The lowest BCUT2D eigenvalue weighted by molar-refractivity contribution is -0.117. The summed E-state index contributed by atoms with van der Waals surface area (Å²) < 4.78 is 0.0777. The molecule has 2 rings (SSSR count). The second kappa shape index (κ2) is 6.52. The van der Waals surface area contributed by atoms with Crippen LogP contribution in [-0.4, -0.2) is 22.3 Å². The zero-order chi connectivity index (χ0) is 15.5. The van der Waals surface area contributed by atoms with Crippen molar-refractivity contribution in [1.82, 2.24) is 0 Å². The van der Waals surface area contributed by atoms with Gasteiger partial charge < -0.3 is 10.6 Å². The molecule has 0 aliphatic heterocycles. The maximum atomic E-state index is 11.8. The van der Waals surface area contributed by atoms with E-state index in [4.69, 9.17) is 0 Å². The molecule has 0 bridgehead atoms. The van der Waals surface area contributed by atoms with E-state index in [9.17, 15) is 9.59 Å². The predicted molar refractivity (Wildman–Crippen MR) is 88.6 cm³/mol. The van der Waals surface area contributed by atoms with Crippen LogP contribution in [0.15, 0.2) is 24.3 Å². The minimum absolute atomic E-state index is 0.00955. The normalized spacial score (nSPS) is 14.6. The number of carbonyl (C=O) groups is 2. The van der Waals surface area contributed by atoms with E-state index in [-0.39, 0.29) is 22.5 Å². The Balaban J connectivity index is 1.81. The first-order valence-electron chi connectivity index (χ1n) is 7.18. The third-order valence-electron chi connectivity index (χ3n) is 3.02. The Morgan fingerprint density at radius 3 is 2.10 bits per heavy atom. The number of carbonyl (C=O) groups excluding carboxylic acids is 2. The minimum Gasteiger partial charge on any atom is -0.326 e. The molecular weight excluding hydrogens is 284 g/mol. The molecule has 4 nitrogen and oxygen atoms in total. The summed E-state index contributed by atoms with van der Waals surface area (Å²) in [6.07, 6.45) is 1.98. The van der Waals surface area contributed by atoms with Gasteiger partial charge >= 0.3 is 0 Å². The number of benzene rings is 1. The van der Waals surface area contributed by atoms with Gasteiger partial charge in [-0.25, -0.2) is 0 Å². The molecule has 1 aromatic carbocycles. The molecule has 1 aliphatic carbocycles. The Labute approximate surface area is 130 Å². The van der Waals surface area contributed by atoms with Crippen molar-refractivity contribution in [1.29, 1.82) is 0 Å². The van der Waals surface area contributed by atoms with Crippen molar-refractivity contribution in [3.8, 4) is 0 Å². The molecule has 0 heterocycles. The van der Waals surface area contributed by atoms with Crippen molar-refractivity contribution in [3.63, 3.8) is 0 Å². The topological polar surface area (TPSA) is 58.2 Å². The van der Waals surface area contributed by atoms with Crippen molar-refractivity contribution in [2.75, 3.05) is 16.4 Å². The minimum atomic E-state index is -0.00955. The fourth-order valence-corrected chi connectivity index (χ4v) is 2.34. The van der Waals surface area contributed by atoms with Crippen LogP contribution in [0.25, 0.3) is 0 Å². The monoisotopic (exact) mass is 306 g/mol. The lowest BCUT2D eigenvalue weighted by Gasteiger charge is -2.17. The molecule has 0 spiro atoms. The Bertz CT molecular complexity index is 516. The highest BCUT2D eigenvalue weighted by Crippen LogP contribution is 2.30. The molecular formula is C16H22N2O2S. The molecule has 5 heteroatoms. The molecule has 0 unspecified atom stereocenters. The summed E-state index contributed by atoms with van der Waals surface area (Å²) in [7, 11) is 0. The van der Waals surface area contributed by atoms with Crippen LogP contribution in [0.3, 0.4) is 0 Å². The third kappa shape index (κ3) is 5.79. The van der Waals surface area contributed by atoms with Gasteiger partial charge in [-0.15, -0.1) is 11.8 Å². The first kappa shape index (κ1) is 15.9. The molecule has 0 saturated heterocycles. The van der Waals surface area contributed by atoms with Gasteiger partial charge in [-0.2, -0.15) is 0 Å². The van der Waals surface area contributed by atoms with Gasteiger partial charge in [0.1, 0.15) is 0 Å². The fraction of sp³-hybridized carbons (Fsp3) is 0.500. The van der Waals surface area contributed by atoms with Crippen LogP contribution in [-0.2, 0) is 9.59 Å². The van der Waals surface area contributed by atoms with Gasteiger partial charge in [-0.1, -0.05) is 20.8 Å². The number of nitrogens with one attached hydrogen (secondary N) is 2. The predicted octanol–water partition coefficient (Wildman–Crippen LogP) is 3.51. The molecule has 114 valence electrons. The number of amides is 2. The Hall–Kier alpha value is -1.49. The first-order valence-corrected chi connectivity index (χ1v) is 8.17. The van der Waals surface area contributed by atoms with Crippen LogP contribution in [0.4, 0.5) is 11.4 Å². The van der Waals surface area contributed by atoms with Crippen molar-refractivity contribution in [3.05, 3.63) is 24.3 Å². The second-order valence-electron chi connectivity index (χ2n) is 6.29. The van der Waals surface area contributed by atoms with Crippen molar-refractivity contribution >= 4 is 35.0 Å². The summed E-state index contributed by atoms with van der Waals surface area (Å²) in [5.41, 5.74) is 1.52. The molecule has 0 atom stereocenters. The number of thioether (sulfide) groups is 1. The summed E-state index contributed by atoms with van der Waals surface area (Å²) in [4.78, 5) is 23.5. The van der Waals surface area contributed by atoms with Gasteiger partial charge in [0.15, 0.2) is 0 Å². The standard InChI is InChI=1S/C16H22N2O2S/c1-16(2,3)21-10-14(19)17-12-6-8-13(9-7-12)18-15(20)11-4-5-11/h6-9,11H,4-5,10H2,1-3H3,(H,17,19)(H,18,20). The van der Waals surface area contributed by atoms with Crippen LogP contribution in [0.1, 0.15) is 33.6 Å². The van der Waals surface area contributed by atoms with Gasteiger partial charge in [-0.05, 0) is 37.1 Å². The van der Waals surface area contributed by atoms with Crippen LogP contribution in [0, 0.1) is 5.92 Å². The second-order valence-corrected chi connectivity index (χ2v) is 8.09. The van der Waals surface area contributed by atoms with E-state index in [2.05, 4.69) is 31.4 Å². The summed E-state index contributed by atoms with van der Waals surface area (Å²) >= 11 is 1.61. The van der Waals surface area contributed by atoms with E-state index in [1.54, 1.807) is 11.8 Å². The van der Waals surface area contributed by atoms with Crippen molar-refractivity contribution < 1.29 is 9.59 Å². The van der Waals surface area contributed by atoms with Crippen molar-refractivity contribution in [2.24, 2.45) is 5.92 Å². The molecule has 1 aromatic rings. The molecule has 1 aliphatic rings. The zero-order valence-electron chi connectivity index (χ0n) is 12.7. The molecule has 2 N–H and O–H groups in total. The number of anilines is 2. The summed E-state index contributed by atoms with van der Waals surface area (Å²) in [6, 6.07) is 7.24. The molecule has 1 fully saturated rings. The number of rotatable bonds is 5. The first-order chi connectivity index (χ1) is 9.83. The van der Waals surface area contributed by atoms with Gasteiger partial charge in [0.05, 0.1) is 5.75 Å². The highest BCUT2D eigenvalue weighted by atomic mass is 32.2. The van der Waals surface area contributed by atoms with Crippen LogP contribution >= 0.6 is 11.8 Å². The van der Waals surface area contributed by atoms with Crippen LogP contribution in [0.2, 0.25) is 0 Å². The van der Waals surface area contributed by atoms with Gasteiger partial charge in [0.2, 0.25) is 11.8 Å². The van der Waals surface area contributed by atoms with E-state index in [1.807, 2.05) is 24.3 Å². The summed E-state index contributed by atoms with van der Waals surface area (Å²) in [6.45, 7) is 6.26. The molecule has 0 radical (unpaired) electrons. The largest absolute Gasteiger partial charge is 0.326 e. The quantitative estimate of drug-likeness (QED) is 0.875. The molecule has 21 heavy (non-hydrogen) atoms. The van der Waals surface area contributed by atoms with E-state index in [1.165, 1.54) is 0 Å².